The highest BCUT2D eigenvalue weighted by Gasteiger charge is 2.34. The van der Waals surface area contributed by atoms with Gasteiger partial charge in [-0.2, -0.15) is 0 Å². The molecule has 3 heteroatoms. The van der Waals surface area contributed by atoms with Gasteiger partial charge in [0.25, 0.3) is 0 Å². The van der Waals surface area contributed by atoms with E-state index in [0.717, 1.165) is 11.6 Å². The fourth-order valence-electron chi connectivity index (χ4n) is 2.91. The molecular formula is C14H20ClNS. The molecule has 0 saturated heterocycles. The van der Waals surface area contributed by atoms with E-state index < -0.39 is 0 Å². The second kappa shape index (κ2) is 5.64. The summed E-state index contributed by atoms with van der Waals surface area (Å²) in [7, 11) is 0. The molecule has 1 aliphatic carbocycles. The Hall–Kier alpha value is -0.180. The van der Waals surface area contributed by atoms with Crippen molar-refractivity contribution in [1.29, 1.82) is 0 Å². The number of halogens is 1. The lowest BCUT2D eigenvalue weighted by molar-refractivity contribution is 0.296. The summed E-state index contributed by atoms with van der Waals surface area (Å²) in [6.07, 6.45) is 8.46. The fourth-order valence-corrected chi connectivity index (χ4v) is 3.78. The van der Waals surface area contributed by atoms with E-state index in [-0.39, 0.29) is 5.41 Å². The van der Waals surface area contributed by atoms with Crippen LogP contribution in [0.1, 0.15) is 37.7 Å². The summed E-state index contributed by atoms with van der Waals surface area (Å²) in [6.45, 7) is 0.737. The van der Waals surface area contributed by atoms with Gasteiger partial charge in [-0.1, -0.05) is 30.9 Å². The molecule has 0 amide bonds. The fraction of sp³-hybridized carbons (Fsp3) is 0.571. The number of thioether (sulfide) groups is 1. The molecular weight excluding hydrogens is 250 g/mol. The zero-order chi connectivity index (χ0) is 12.3. The number of benzene rings is 1. The summed E-state index contributed by atoms with van der Waals surface area (Å²) in [5.74, 6) is 0. The van der Waals surface area contributed by atoms with Gasteiger partial charge in [0.15, 0.2) is 0 Å². The van der Waals surface area contributed by atoms with Crippen molar-refractivity contribution in [2.45, 2.75) is 42.4 Å². The summed E-state index contributed by atoms with van der Waals surface area (Å²) in [4.78, 5) is 1.33. The van der Waals surface area contributed by atoms with E-state index in [1.807, 2.05) is 6.07 Å². The van der Waals surface area contributed by atoms with E-state index in [4.69, 9.17) is 17.3 Å². The molecule has 0 heterocycles. The van der Waals surface area contributed by atoms with E-state index in [0.29, 0.717) is 0 Å². The lowest BCUT2D eigenvalue weighted by atomic mass is 9.69. The topological polar surface area (TPSA) is 26.0 Å². The normalized spacial score (nSPS) is 19.2. The highest BCUT2D eigenvalue weighted by Crippen LogP contribution is 2.43. The monoisotopic (exact) mass is 269 g/mol. The Morgan fingerprint density at radius 1 is 1.29 bits per heavy atom. The minimum atomic E-state index is 0.168. The largest absolute Gasteiger partial charge is 0.330 e. The van der Waals surface area contributed by atoms with Crippen LogP contribution >= 0.6 is 23.4 Å². The Morgan fingerprint density at radius 2 is 2.00 bits per heavy atom. The lowest BCUT2D eigenvalue weighted by Crippen LogP contribution is -2.37. The first-order chi connectivity index (χ1) is 8.22. The highest BCUT2D eigenvalue weighted by molar-refractivity contribution is 7.98. The molecule has 0 unspecified atom stereocenters. The minimum absolute atomic E-state index is 0.168. The van der Waals surface area contributed by atoms with Gasteiger partial charge in [-0.05, 0) is 42.9 Å². The Labute approximate surface area is 113 Å². The van der Waals surface area contributed by atoms with Crippen LogP contribution in [-0.4, -0.2) is 12.8 Å². The van der Waals surface area contributed by atoms with Crippen molar-refractivity contribution in [2.75, 3.05) is 12.8 Å². The van der Waals surface area contributed by atoms with Gasteiger partial charge in [0.1, 0.15) is 0 Å². The Bertz CT molecular complexity index is 386. The Morgan fingerprint density at radius 3 is 2.59 bits per heavy atom. The van der Waals surface area contributed by atoms with Gasteiger partial charge in [0.05, 0.1) is 0 Å². The van der Waals surface area contributed by atoms with Crippen LogP contribution in [-0.2, 0) is 5.41 Å². The Kier molecular flexibility index (Phi) is 4.40. The van der Waals surface area contributed by atoms with Crippen LogP contribution in [0.2, 0.25) is 5.02 Å². The summed E-state index contributed by atoms with van der Waals surface area (Å²) < 4.78 is 0. The summed E-state index contributed by atoms with van der Waals surface area (Å²) in [5.41, 5.74) is 7.63. The van der Waals surface area contributed by atoms with Crippen molar-refractivity contribution in [3.05, 3.63) is 28.8 Å². The maximum Gasteiger partial charge on any atom is 0.0409 e. The first-order valence-corrected chi connectivity index (χ1v) is 7.86. The van der Waals surface area contributed by atoms with E-state index in [9.17, 15) is 0 Å². The van der Waals surface area contributed by atoms with Crippen molar-refractivity contribution in [3.63, 3.8) is 0 Å². The third-order valence-electron chi connectivity index (χ3n) is 3.93. The predicted molar refractivity (Wildman–Crippen MR) is 77.1 cm³/mol. The van der Waals surface area contributed by atoms with Gasteiger partial charge >= 0.3 is 0 Å². The minimum Gasteiger partial charge on any atom is -0.330 e. The molecule has 1 aromatic rings. The Balaban J connectivity index is 2.44. The second-order valence-electron chi connectivity index (χ2n) is 4.89. The SMILES string of the molecule is CSc1ccc(Cl)cc1C1(CN)CCCCC1. The van der Waals surface area contributed by atoms with E-state index in [1.165, 1.54) is 42.6 Å². The number of rotatable bonds is 3. The first-order valence-electron chi connectivity index (χ1n) is 6.26. The summed E-state index contributed by atoms with van der Waals surface area (Å²) in [5, 5.41) is 0.830. The lowest BCUT2D eigenvalue weighted by Gasteiger charge is -2.38. The maximum atomic E-state index is 6.16. The zero-order valence-corrected chi connectivity index (χ0v) is 11.9. The molecule has 17 heavy (non-hydrogen) atoms. The zero-order valence-electron chi connectivity index (χ0n) is 10.3. The van der Waals surface area contributed by atoms with Gasteiger partial charge < -0.3 is 5.73 Å². The number of hydrogen-bond donors (Lipinski definition) is 1. The second-order valence-corrected chi connectivity index (χ2v) is 6.17. The first kappa shape index (κ1) is 13.3. The molecule has 1 aromatic carbocycles. The van der Waals surface area contributed by atoms with Crippen LogP contribution in [0, 0.1) is 0 Å². The van der Waals surface area contributed by atoms with Crippen LogP contribution in [0.4, 0.5) is 0 Å². The molecule has 1 nitrogen and oxygen atoms in total. The molecule has 1 saturated carbocycles. The van der Waals surface area contributed by atoms with E-state index >= 15 is 0 Å². The average Bonchev–Trinajstić information content (AvgIpc) is 2.39. The van der Waals surface area contributed by atoms with Gasteiger partial charge in [0, 0.05) is 21.9 Å². The third kappa shape index (κ3) is 2.64. The molecule has 2 rings (SSSR count). The van der Waals surface area contributed by atoms with Crippen LogP contribution in [0.25, 0.3) is 0 Å². The molecule has 0 atom stereocenters. The van der Waals surface area contributed by atoms with Crippen molar-refractivity contribution in [2.24, 2.45) is 5.73 Å². The maximum absolute atomic E-state index is 6.16. The van der Waals surface area contributed by atoms with Crippen LogP contribution in [0.5, 0.6) is 0 Å². The van der Waals surface area contributed by atoms with Gasteiger partial charge in [-0.15, -0.1) is 11.8 Å². The standard InChI is InChI=1S/C14H20ClNS/c1-17-13-6-5-11(15)9-12(13)14(10-16)7-3-2-4-8-14/h5-6,9H,2-4,7-8,10,16H2,1H3. The predicted octanol–water partition coefficient (Wildman–Crippen LogP) is 4.22. The molecule has 0 aliphatic heterocycles. The molecule has 1 aliphatic rings. The molecule has 1 fully saturated rings. The van der Waals surface area contributed by atoms with Crippen molar-refractivity contribution in [1.82, 2.24) is 0 Å². The molecule has 2 N–H and O–H groups in total. The van der Waals surface area contributed by atoms with Crippen LogP contribution < -0.4 is 5.73 Å². The van der Waals surface area contributed by atoms with Crippen LogP contribution in [0.3, 0.4) is 0 Å². The number of nitrogens with two attached hydrogens (primary N) is 1. The molecule has 0 radical (unpaired) electrons. The van der Waals surface area contributed by atoms with Crippen LogP contribution in [0.15, 0.2) is 23.1 Å². The summed E-state index contributed by atoms with van der Waals surface area (Å²) in [6, 6.07) is 6.24. The smallest absolute Gasteiger partial charge is 0.0409 e. The number of hydrogen-bond acceptors (Lipinski definition) is 2. The molecule has 0 spiro atoms. The van der Waals surface area contributed by atoms with E-state index in [1.54, 1.807) is 11.8 Å². The third-order valence-corrected chi connectivity index (χ3v) is 4.97. The van der Waals surface area contributed by atoms with Crippen molar-refractivity contribution < 1.29 is 0 Å². The molecule has 94 valence electrons. The van der Waals surface area contributed by atoms with Gasteiger partial charge in [-0.3, -0.25) is 0 Å². The van der Waals surface area contributed by atoms with Gasteiger partial charge in [-0.25, -0.2) is 0 Å². The molecule has 0 aromatic heterocycles. The molecule has 0 bridgehead atoms. The van der Waals surface area contributed by atoms with Crippen molar-refractivity contribution in [3.8, 4) is 0 Å². The average molecular weight is 270 g/mol. The highest BCUT2D eigenvalue weighted by atomic mass is 35.5. The van der Waals surface area contributed by atoms with Crippen molar-refractivity contribution >= 4 is 23.4 Å². The quantitative estimate of drug-likeness (QED) is 0.832. The summed E-state index contributed by atoms with van der Waals surface area (Å²) >= 11 is 7.96. The van der Waals surface area contributed by atoms with E-state index in [2.05, 4.69) is 18.4 Å². The van der Waals surface area contributed by atoms with Gasteiger partial charge in [0.2, 0.25) is 0 Å².